The predicted molar refractivity (Wildman–Crippen MR) is 94.9 cm³/mol. The first-order valence-electron chi connectivity index (χ1n) is 9.07. The molecule has 2 saturated heterocycles. The summed E-state index contributed by atoms with van der Waals surface area (Å²) in [6.45, 7) is 4.45. The van der Waals surface area contributed by atoms with Crippen molar-refractivity contribution in [3.8, 4) is 0 Å². The number of hydrogen-bond donors (Lipinski definition) is 0. The van der Waals surface area contributed by atoms with Crippen molar-refractivity contribution in [2.75, 3.05) is 20.1 Å². The first-order chi connectivity index (χ1) is 11.6. The van der Waals surface area contributed by atoms with Gasteiger partial charge in [0.05, 0.1) is 11.0 Å². The van der Waals surface area contributed by atoms with E-state index in [9.17, 15) is 4.79 Å². The van der Waals surface area contributed by atoms with Crippen LogP contribution in [0, 0.1) is 6.92 Å². The molecule has 0 saturated carbocycles. The van der Waals surface area contributed by atoms with Gasteiger partial charge in [0.15, 0.2) is 0 Å². The zero-order valence-corrected chi connectivity index (χ0v) is 14.6. The van der Waals surface area contributed by atoms with Gasteiger partial charge >= 0.3 is 0 Å². The molecule has 2 aliphatic heterocycles. The Hall–Kier alpha value is -1.88. The maximum absolute atomic E-state index is 13.0. The molecule has 2 aliphatic rings. The van der Waals surface area contributed by atoms with Crippen LogP contribution in [0.25, 0.3) is 11.0 Å². The Bertz CT molecular complexity index is 753. The molecule has 128 valence electrons. The van der Waals surface area contributed by atoms with E-state index in [1.54, 1.807) is 0 Å². The van der Waals surface area contributed by atoms with Crippen molar-refractivity contribution in [2.24, 2.45) is 0 Å². The van der Waals surface area contributed by atoms with Gasteiger partial charge in [-0.25, -0.2) is 4.98 Å². The van der Waals surface area contributed by atoms with Gasteiger partial charge in [-0.1, -0.05) is 12.1 Å². The molecule has 3 heterocycles. The summed E-state index contributed by atoms with van der Waals surface area (Å²) in [7, 11) is 2.20. The third kappa shape index (κ3) is 2.61. The van der Waals surface area contributed by atoms with E-state index >= 15 is 0 Å². The second-order valence-corrected chi connectivity index (χ2v) is 7.22. The normalized spacial score (nSPS) is 25.0. The molecule has 2 fully saturated rings. The molecular formula is C19H26N4O. The quantitative estimate of drug-likeness (QED) is 0.870. The number of likely N-dealkylation sites (N-methyl/N-ethyl adjacent to an activating group) is 1. The van der Waals surface area contributed by atoms with Gasteiger partial charge in [0, 0.05) is 18.6 Å². The van der Waals surface area contributed by atoms with E-state index in [1.165, 1.54) is 12.8 Å². The smallest absolute Gasteiger partial charge is 0.242 e. The molecule has 0 N–H and O–H groups in total. The van der Waals surface area contributed by atoms with Gasteiger partial charge in [-0.2, -0.15) is 0 Å². The topological polar surface area (TPSA) is 41.4 Å². The number of imidazole rings is 1. The highest BCUT2D eigenvalue weighted by atomic mass is 16.2. The molecule has 1 aromatic heterocycles. The highest BCUT2D eigenvalue weighted by molar-refractivity contribution is 5.81. The fourth-order valence-corrected chi connectivity index (χ4v) is 4.55. The summed E-state index contributed by atoms with van der Waals surface area (Å²) >= 11 is 0. The number of likely N-dealkylation sites (tertiary alicyclic amines) is 2. The zero-order chi connectivity index (χ0) is 16.7. The molecule has 1 aromatic carbocycles. The number of nitrogens with zero attached hydrogens (tertiary/aromatic N) is 4. The van der Waals surface area contributed by atoms with Crippen LogP contribution in [0.5, 0.6) is 0 Å². The highest BCUT2D eigenvalue weighted by Crippen LogP contribution is 2.29. The van der Waals surface area contributed by atoms with Crippen LogP contribution in [0.15, 0.2) is 24.3 Å². The lowest BCUT2D eigenvalue weighted by molar-refractivity contribution is -0.133. The monoisotopic (exact) mass is 326 g/mol. The summed E-state index contributed by atoms with van der Waals surface area (Å²) in [5, 5.41) is 0. The minimum Gasteiger partial charge on any atom is -0.337 e. The fraction of sp³-hybridized carbons (Fsp3) is 0.579. The standard InChI is InChI=1S/C19H26N4O/c1-14-20-15-7-3-4-8-16(15)23(14)13-19(24)22-12-6-10-18(22)17-9-5-11-21(17)2/h3-4,7-8,17-18H,5-6,9-13H2,1-2H3/t17-,18+/m1/s1. The molecule has 0 unspecified atom stereocenters. The Morgan fingerprint density at radius 2 is 1.92 bits per heavy atom. The molecule has 0 aliphatic carbocycles. The number of hydrogen-bond acceptors (Lipinski definition) is 3. The van der Waals surface area contributed by atoms with Crippen LogP contribution < -0.4 is 0 Å². The van der Waals surface area contributed by atoms with Crippen LogP contribution in [0.2, 0.25) is 0 Å². The minimum absolute atomic E-state index is 0.240. The van der Waals surface area contributed by atoms with E-state index < -0.39 is 0 Å². The molecule has 0 bridgehead atoms. The molecular weight excluding hydrogens is 300 g/mol. The van der Waals surface area contributed by atoms with Gasteiger partial charge in [0.1, 0.15) is 12.4 Å². The molecule has 2 atom stereocenters. The number of carbonyl (C=O) groups excluding carboxylic acids is 1. The van der Waals surface area contributed by atoms with E-state index in [1.807, 2.05) is 25.1 Å². The number of para-hydroxylation sites is 2. The Morgan fingerprint density at radius 1 is 1.17 bits per heavy atom. The highest BCUT2D eigenvalue weighted by Gasteiger charge is 2.38. The Kier molecular flexibility index (Phi) is 4.04. The lowest BCUT2D eigenvalue weighted by Crippen LogP contribution is -2.48. The van der Waals surface area contributed by atoms with Crippen molar-refractivity contribution in [1.29, 1.82) is 0 Å². The van der Waals surface area contributed by atoms with E-state index in [2.05, 4.69) is 32.5 Å². The number of fused-ring (bicyclic) bond motifs is 1. The molecule has 24 heavy (non-hydrogen) atoms. The van der Waals surface area contributed by atoms with Crippen molar-refractivity contribution in [1.82, 2.24) is 19.4 Å². The molecule has 2 aromatic rings. The maximum atomic E-state index is 13.0. The first-order valence-corrected chi connectivity index (χ1v) is 9.07. The SMILES string of the molecule is Cc1nc2ccccc2n1CC(=O)N1CCC[C@H]1[C@H]1CCCN1C. The first kappa shape index (κ1) is 15.6. The summed E-state index contributed by atoms with van der Waals surface area (Å²) in [4.78, 5) is 22.2. The van der Waals surface area contributed by atoms with E-state index in [4.69, 9.17) is 0 Å². The second kappa shape index (κ2) is 6.20. The number of amides is 1. The number of aromatic nitrogens is 2. The summed E-state index contributed by atoms with van der Waals surface area (Å²) in [5.41, 5.74) is 2.02. The lowest BCUT2D eigenvalue weighted by Gasteiger charge is -2.33. The summed E-state index contributed by atoms with van der Waals surface area (Å²) < 4.78 is 2.06. The third-order valence-electron chi connectivity index (χ3n) is 5.78. The van der Waals surface area contributed by atoms with Crippen molar-refractivity contribution in [3.63, 3.8) is 0 Å². The van der Waals surface area contributed by atoms with Crippen LogP contribution in [0.3, 0.4) is 0 Å². The van der Waals surface area contributed by atoms with Crippen LogP contribution in [-0.2, 0) is 11.3 Å². The average Bonchev–Trinajstić information content (AvgIpc) is 3.27. The molecule has 0 spiro atoms. The zero-order valence-electron chi connectivity index (χ0n) is 14.6. The molecule has 1 amide bonds. The van der Waals surface area contributed by atoms with Gasteiger partial charge in [0.2, 0.25) is 5.91 Å². The van der Waals surface area contributed by atoms with Crippen molar-refractivity contribution in [2.45, 2.75) is 51.2 Å². The van der Waals surface area contributed by atoms with Crippen LogP contribution in [0.4, 0.5) is 0 Å². The number of rotatable bonds is 3. The number of benzene rings is 1. The largest absolute Gasteiger partial charge is 0.337 e. The third-order valence-corrected chi connectivity index (χ3v) is 5.78. The van der Waals surface area contributed by atoms with Crippen LogP contribution in [0.1, 0.15) is 31.5 Å². The minimum atomic E-state index is 0.240. The lowest BCUT2D eigenvalue weighted by atomic mass is 10.0. The van der Waals surface area contributed by atoms with E-state index in [0.717, 1.165) is 42.8 Å². The number of carbonyl (C=O) groups is 1. The van der Waals surface area contributed by atoms with Crippen LogP contribution in [-0.4, -0.2) is 57.5 Å². The van der Waals surface area contributed by atoms with Gasteiger partial charge in [-0.05, 0) is 58.3 Å². The van der Waals surface area contributed by atoms with Crippen molar-refractivity contribution in [3.05, 3.63) is 30.1 Å². The maximum Gasteiger partial charge on any atom is 0.242 e. The summed E-state index contributed by atoms with van der Waals surface area (Å²) in [5.74, 6) is 1.15. The molecule has 0 radical (unpaired) electrons. The van der Waals surface area contributed by atoms with Gasteiger partial charge in [0.25, 0.3) is 0 Å². The predicted octanol–water partition coefficient (Wildman–Crippen LogP) is 2.43. The summed E-state index contributed by atoms with van der Waals surface area (Å²) in [6, 6.07) is 8.99. The molecule has 5 heteroatoms. The molecule has 5 nitrogen and oxygen atoms in total. The number of aryl methyl sites for hydroxylation is 1. The van der Waals surface area contributed by atoms with Gasteiger partial charge in [-0.3, -0.25) is 4.79 Å². The fourth-order valence-electron chi connectivity index (χ4n) is 4.55. The Labute approximate surface area is 143 Å². The van der Waals surface area contributed by atoms with E-state index in [-0.39, 0.29) is 5.91 Å². The molecule has 4 rings (SSSR count). The Morgan fingerprint density at radius 3 is 2.71 bits per heavy atom. The van der Waals surface area contributed by atoms with Gasteiger partial charge in [-0.15, -0.1) is 0 Å². The van der Waals surface area contributed by atoms with E-state index in [0.29, 0.717) is 18.6 Å². The second-order valence-electron chi connectivity index (χ2n) is 7.22. The van der Waals surface area contributed by atoms with Gasteiger partial charge < -0.3 is 14.4 Å². The van der Waals surface area contributed by atoms with Crippen molar-refractivity contribution >= 4 is 16.9 Å². The van der Waals surface area contributed by atoms with Crippen molar-refractivity contribution < 1.29 is 4.79 Å². The Balaban J connectivity index is 1.55. The van der Waals surface area contributed by atoms with Crippen LogP contribution >= 0.6 is 0 Å². The summed E-state index contributed by atoms with van der Waals surface area (Å²) in [6.07, 6.45) is 4.75. The average molecular weight is 326 g/mol.